The summed E-state index contributed by atoms with van der Waals surface area (Å²) in [6, 6.07) is -1.30. The molecule has 1 rings (SSSR count). The highest BCUT2D eigenvalue weighted by molar-refractivity contribution is 7.86. The van der Waals surface area contributed by atoms with E-state index in [9.17, 15) is 13.2 Å². The van der Waals surface area contributed by atoms with Gasteiger partial charge < -0.3 is 9.84 Å². The smallest absolute Gasteiger partial charge is 0.322 e. The minimum absolute atomic E-state index is 0.253. The number of aliphatic carboxylic acids is 1. The van der Waals surface area contributed by atoms with Gasteiger partial charge in [0.2, 0.25) is 0 Å². The molecule has 7 nitrogen and oxygen atoms in total. The molecule has 2 unspecified atom stereocenters. The normalized spacial score (nSPS) is 23.5. The summed E-state index contributed by atoms with van der Waals surface area (Å²) < 4.78 is 32.1. The SMILES string of the molecule is COCC(C)N(C)S(=O)(=O)N1CCCCC1C(=O)O. The molecule has 8 heteroatoms. The van der Waals surface area contributed by atoms with Crippen molar-refractivity contribution in [3.63, 3.8) is 0 Å². The monoisotopic (exact) mass is 294 g/mol. The second-order valence-electron chi connectivity index (χ2n) is 4.79. The van der Waals surface area contributed by atoms with Crippen molar-refractivity contribution in [2.75, 3.05) is 27.3 Å². The van der Waals surface area contributed by atoms with Crippen LogP contribution < -0.4 is 0 Å². The first-order chi connectivity index (χ1) is 8.82. The van der Waals surface area contributed by atoms with Gasteiger partial charge in [0.25, 0.3) is 10.2 Å². The van der Waals surface area contributed by atoms with Gasteiger partial charge in [0.15, 0.2) is 0 Å². The fourth-order valence-corrected chi connectivity index (χ4v) is 3.89. The summed E-state index contributed by atoms with van der Waals surface area (Å²) in [5, 5.41) is 9.15. The van der Waals surface area contributed by atoms with Crippen LogP contribution >= 0.6 is 0 Å². The van der Waals surface area contributed by atoms with Crippen LogP contribution in [0, 0.1) is 0 Å². The largest absolute Gasteiger partial charge is 0.480 e. The minimum Gasteiger partial charge on any atom is -0.480 e. The van der Waals surface area contributed by atoms with Gasteiger partial charge >= 0.3 is 5.97 Å². The van der Waals surface area contributed by atoms with Gasteiger partial charge in [-0.05, 0) is 26.2 Å². The van der Waals surface area contributed by atoms with Crippen molar-refractivity contribution < 1.29 is 23.1 Å². The van der Waals surface area contributed by atoms with E-state index in [4.69, 9.17) is 9.84 Å². The van der Waals surface area contributed by atoms with E-state index in [1.165, 1.54) is 18.5 Å². The second-order valence-corrected chi connectivity index (χ2v) is 6.73. The number of carboxylic acid groups (broad SMARTS) is 1. The molecule has 1 aliphatic heterocycles. The average Bonchev–Trinajstić information content (AvgIpc) is 2.38. The van der Waals surface area contributed by atoms with Gasteiger partial charge in [-0.3, -0.25) is 4.79 Å². The van der Waals surface area contributed by atoms with Crippen LogP contribution in [0.4, 0.5) is 0 Å². The van der Waals surface area contributed by atoms with Crippen molar-refractivity contribution in [1.29, 1.82) is 0 Å². The maximum Gasteiger partial charge on any atom is 0.322 e. The minimum atomic E-state index is -3.77. The number of ether oxygens (including phenoxy) is 1. The van der Waals surface area contributed by atoms with Crippen LogP contribution in [0.25, 0.3) is 0 Å². The highest BCUT2D eigenvalue weighted by Crippen LogP contribution is 2.23. The Bertz CT molecular complexity index is 411. The lowest BCUT2D eigenvalue weighted by molar-refractivity contribution is -0.142. The van der Waals surface area contributed by atoms with Crippen LogP contribution in [0.2, 0.25) is 0 Å². The Kier molecular flexibility index (Phi) is 5.72. The van der Waals surface area contributed by atoms with E-state index < -0.39 is 22.2 Å². The first kappa shape index (κ1) is 16.4. The Balaban J connectivity index is 2.93. The molecule has 1 saturated heterocycles. The Morgan fingerprint density at radius 2 is 2.16 bits per heavy atom. The summed E-state index contributed by atoms with van der Waals surface area (Å²) >= 11 is 0. The molecule has 1 heterocycles. The Hall–Kier alpha value is -0.700. The van der Waals surface area contributed by atoms with E-state index in [2.05, 4.69) is 0 Å². The van der Waals surface area contributed by atoms with E-state index in [0.29, 0.717) is 12.8 Å². The van der Waals surface area contributed by atoms with E-state index >= 15 is 0 Å². The molecule has 0 aromatic carbocycles. The van der Waals surface area contributed by atoms with Crippen LogP contribution in [-0.2, 0) is 19.7 Å². The molecular weight excluding hydrogens is 272 g/mol. The summed E-state index contributed by atoms with van der Waals surface area (Å²) in [6.07, 6.45) is 1.79. The molecular formula is C11H22N2O5S. The number of hydrogen-bond donors (Lipinski definition) is 1. The standard InChI is InChI=1S/C11H22N2O5S/c1-9(8-18-3)12(2)19(16,17)13-7-5-4-6-10(13)11(14)15/h9-10H,4-8H2,1-3H3,(H,14,15). The van der Waals surface area contributed by atoms with Crippen molar-refractivity contribution in [3.05, 3.63) is 0 Å². The van der Waals surface area contributed by atoms with Gasteiger partial charge in [-0.1, -0.05) is 0 Å². The fraction of sp³-hybridized carbons (Fsp3) is 0.909. The molecule has 1 fully saturated rings. The van der Waals surface area contributed by atoms with E-state index in [-0.39, 0.29) is 19.2 Å². The molecule has 0 spiro atoms. The van der Waals surface area contributed by atoms with Crippen LogP contribution in [-0.4, -0.2) is 67.5 Å². The zero-order chi connectivity index (χ0) is 14.6. The number of likely N-dealkylation sites (N-methyl/N-ethyl adjacent to an activating group) is 1. The number of carboxylic acids is 1. The predicted molar refractivity (Wildman–Crippen MR) is 70.0 cm³/mol. The summed E-state index contributed by atoms with van der Waals surface area (Å²) in [5.41, 5.74) is 0. The van der Waals surface area contributed by atoms with Crippen molar-refractivity contribution in [2.24, 2.45) is 0 Å². The summed E-state index contributed by atoms with van der Waals surface area (Å²) in [7, 11) is -0.823. The number of piperidine rings is 1. The molecule has 0 aliphatic carbocycles. The van der Waals surface area contributed by atoms with Crippen LogP contribution in [0.3, 0.4) is 0 Å². The van der Waals surface area contributed by atoms with Crippen molar-refractivity contribution in [1.82, 2.24) is 8.61 Å². The summed E-state index contributed by atoms with van der Waals surface area (Å²) in [4.78, 5) is 11.2. The van der Waals surface area contributed by atoms with Crippen molar-refractivity contribution in [2.45, 2.75) is 38.3 Å². The number of rotatable bonds is 6. The molecule has 0 amide bonds. The highest BCUT2D eigenvalue weighted by Gasteiger charge is 2.39. The molecule has 2 atom stereocenters. The average molecular weight is 294 g/mol. The molecule has 0 saturated carbocycles. The molecule has 1 aliphatic rings. The van der Waals surface area contributed by atoms with E-state index in [1.807, 2.05) is 0 Å². The molecule has 0 radical (unpaired) electrons. The third-order valence-corrected chi connectivity index (χ3v) is 5.55. The van der Waals surface area contributed by atoms with Crippen LogP contribution in [0.1, 0.15) is 26.2 Å². The molecule has 1 N–H and O–H groups in total. The number of nitrogens with zero attached hydrogens (tertiary/aromatic N) is 2. The van der Waals surface area contributed by atoms with E-state index in [1.54, 1.807) is 6.92 Å². The van der Waals surface area contributed by atoms with Crippen molar-refractivity contribution >= 4 is 16.2 Å². The topological polar surface area (TPSA) is 87.2 Å². The lowest BCUT2D eigenvalue weighted by atomic mass is 10.1. The first-order valence-electron chi connectivity index (χ1n) is 6.29. The highest BCUT2D eigenvalue weighted by atomic mass is 32.2. The zero-order valence-electron chi connectivity index (χ0n) is 11.6. The third kappa shape index (κ3) is 3.65. The fourth-order valence-electron chi connectivity index (χ4n) is 2.17. The van der Waals surface area contributed by atoms with Crippen LogP contribution in [0.5, 0.6) is 0 Å². The van der Waals surface area contributed by atoms with Gasteiger partial charge in [0, 0.05) is 26.7 Å². The summed E-state index contributed by atoms with van der Waals surface area (Å²) in [5.74, 6) is -1.09. The van der Waals surface area contributed by atoms with Gasteiger partial charge in [-0.2, -0.15) is 17.0 Å². The maximum atomic E-state index is 12.4. The lowest BCUT2D eigenvalue weighted by Gasteiger charge is -2.36. The lowest BCUT2D eigenvalue weighted by Crippen LogP contribution is -2.54. The maximum absolute atomic E-state index is 12.4. The second kappa shape index (κ2) is 6.65. The number of hydrogen-bond acceptors (Lipinski definition) is 4. The Morgan fingerprint density at radius 1 is 1.53 bits per heavy atom. The van der Waals surface area contributed by atoms with E-state index in [0.717, 1.165) is 10.7 Å². The van der Waals surface area contributed by atoms with Crippen molar-refractivity contribution in [3.8, 4) is 0 Å². The molecule has 19 heavy (non-hydrogen) atoms. The zero-order valence-corrected chi connectivity index (χ0v) is 12.4. The van der Waals surface area contributed by atoms with Gasteiger partial charge in [-0.25, -0.2) is 0 Å². The quantitative estimate of drug-likeness (QED) is 0.753. The van der Waals surface area contributed by atoms with Gasteiger partial charge in [0.05, 0.1) is 6.61 Å². The predicted octanol–water partition coefficient (Wildman–Crippen LogP) is 0.137. The molecule has 0 bridgehead atoms. The molecule has 0 aromatic heterocycles. The Morgan fingerprint density at radius 3 is 2.68 bits per heavy atom. The number of methoxy groups -OCH3 is 1. The van der Waals surface area contributed by atoms with Gasteiger partial charge in [0.1, 0.15) is 6.04 Å². The Labute approximate surface area is 114 Å². The molecule has 112 valence electrons. The molecule has 0 aromatic rings. The first-order valence-corrected chi connectivity index (χ1v) is 7.68. The number of carbonyl (C=O) groups is 1. The van der Waals surface area contributed by atoms with Crippen LogP contribution in [0.15, 0.2) is 0 Å². The third-order valence-electron chi connectivity index (χ3n) is 3.43. The summed E-state index contributed by atoms with van der Waals surface area (Å²) in [6.45, 7) is 2.24. The van der Waals surface area contributed by atoms with Gasteiger partial charge in [-0.15, -0.1) is 0 Å².